The van der Waals surface area contributed by atoms with Crippen molar-refractivity contribution in [2.24, 2.45) is 0 Å². The first-order valence-corrected chi connectivity index (χ1v) is 8.28. The summed E-state index contributed by atoms with van der Waals surface area (Å²) in [6, 6.07) is 12.4. The average Bonchev–Trinajstić information content (AvgIpc) is 2.53. The summed E-state index contributed by atoms with van der Waals surface area (Å²) in [7, 11) is -5.28. The van der Waals surface area contributed by atoms with Crippen LogP contribution in [0.1, 0.15) is 11.7 Å². The van der Waals surface area contributed by atoms with Crippen molar-refractivity contribution in [3.8, 4) is 5.75 Å². The molecule has 0 saturated carbocycles. The van der Waals surface area contributed by atoms with E-state index in [0.29, 0.717) is 0 Å². The lowest BCUT2D eigenvalue weighted by Gasteiger charge is -2.29. The van der Waals surface area contributed by atoms with Crippen LogP contribution in [-0.2, 0) is 9.09 Å². The number of phosphoric ester groups is 1. The van der Waals surface area contributed by atoms with Gasteiger partial charge in [0.25, 0.3) is 0 Å². The molecule has 10 heteroatoms. The maximum Gasteiger partial charge on any atom is 0.528 e. The average molecular weight is 382 g/mol. The van der Waals surface area contributed by atoms with Crippen LogP contribution < -0.4 is 4.52 Å². The van der Waals surface area contributed by atoms with Gasteiger partial charge in [0.15, 0.2) is 6.10 Å². The highest BCUT2D eigenvalue weighted by molar-refractivity contribution is 7.47. The highest BCUT2D eigenvalue weighted by Gasteiger charge is 2.65. The Hall–Kier alpha value is -1.96. The van der Waals surface area contributed by atoms with Gasteiger partial charge in [0.2, 0.25) is 0 Å². The fourth-order valence-corrected chi connectivity index (χ4v) is 2.83. The first kappa shape index (κ1) is 19.4. The van der Waals surface area contributed by atoms with Crippen LogP contribution in [0.15, 0.2) is 60.7 Å². The monoisotopic (exact) mass is 382 g/mol. The van der Waals surface area contributed by atoms with Crippen LogP contribution in [-0.4, -0.2) is 17.0 Å². The zero-order valence-corrected chi connectivity index (χ0v) is 13.3. The van der Waals surface area contributed by atoms with Gasteiger partial charge < -0.3 is 4.52 Å². The molecule has 2 aromatic rings. The number of para-hydroxylation sites is 1. The molecule has 0 aromatic heterocycles. The Balaban J connectivity index is 2.35. The molecular formula is C15H12F5O4P. The van der Waals surface area contributed by atoms with Crippen LogP contribution in [0.3, 0.4) is 0 Å². The van der Waals surface area contributed by atoms with Gasteiger partial charge in [0.1, 0.15) is 5.75 Å². The molecule has 1 N–H and O–H groups in total. The fourth-order valence-electron chi connectivity index (χ4n) is 1.88. The molecule has 0 saturated heterocycles. The van der Waals surface area contributed by atoms with Crippen molar-refractivity contribution in [2.45, 2.75) is 18.2 Å². The molecule has 136 valence electrons. The summed E-state index contributed by atoms with van der Waals surface area (Å²) in [6.07, 6.45) is -9.06. The highest BCUT2D eigenvalue weighted by Crippen LogP contribution is 2.55. The van der Waals surface area contributed by atoms with Crippen LogP contribution in [0.2, 0.25) is 0 Å². The second kappa shape index (κ2) is 7.11. The standard InChI is InChI=1S/C15H12F5O4P/c16-14(17,15(18,19)20)13(11-7-3-1-4-8-11)24-25(21,22)23-12-9-5-2-6-10-12/h1-10,13H,(H,21,22)/t13-/m0/s1. The Morgan fingerprint density at radius 1 is 0.880 bits per heavy atom. The number of hydrogen-bond donors (Lipinski definition) is 1. The lowest BCUT2D eigenvalue weighted by Crippen LogP contribution is -2.43. The van der Waals surface area contributed by atoms with E-state index in [0.717, 1.165) is 12.1 Å². The second-order valence-electron chi connectivity index (χ2n) is 4.89. The lowest BCUT2D eigenvalue weighted by molar-refractivity contribution is -0.312. The minimum atomic E-state index is -6.00. The van der Waals surface area contributed by atoms with Crippen molar-refractivity contribution >= 4 is 7.82 Å². The van der Waals surface area contributed by atoms with E-state index in [4.69, 9.17) is 0 Å². The molecule has 0 aliphatic heterocycles. The maximum absolute atomic E-state index is 13.8. The van der Waals surface area contributed by atoms with Crippen LogP contribution >= 0.6 is 7.82 Å². The topological polar surface area (TPSA) is 55.8 Å². The van der Waals surface area contributed by atoms with Gasteiger partial charge in [0, 0.05) is 0 Å². The molecular weight excluding hydrogens is 370 g/mol. The van der Waals surface area contributed by atoms with Gasteiger partial charge in [-0.25, -0.2) is 4.57 Å². The molecule has 0 radical (unpaired) electrons. The number of halogens is 5. The number of hydrogen-bond acceptors (Lipinski definition) is 3. The van der Waals surface area contributed by atoms with Crippen molar-refractivity contribution < 1.29 is 40.5 Å². The van der Waals surface area contributed by atoms with E-state index in [1.807, 2.05) is 0 Å². The molecule has 25 heavy (non-hydrogen) atoms. The van der Waals surface area contributed by atoms with Crippen molar-refractivity contribution in [1.82, 2.24) is 0 Å². The number of benzene rings is 2. The lowest BCUT2D eigenvalue weighted by atomic mass is 10.0. The maximum atomic E-state index is 13.8. The quantitative estimate of drug-likeness (QED) is 0.557. The van der Waals surface area contributed by atoms with Crippen molar-refractivity contribution in [3.63, 3.8) is 0 Å². The summed E-state index contributed by atoms with van der Waals surface area (Å²) in [6.45, 7) is 0. The van der Waals surface area contributed by atoms with Gasteiger partial charge >= 0.3 is 19.9 Å². The van der Waals surface area contributed by atoms with Crippen molar-refractivity contribution in [1.29, 1.82) is 0 Å². The molecule has 0 bridgehead atoms. The van der Waals surface area contributed by atoms with E-state index in [2.05, 4.69) is 9.05 Å². The summed E-state index contributed by atoms with van der Waals surface area (Å²) in [5, 5.41) is 0. The summed E-state index contributed by atoms with van der Waals surface area (Å²) >= 11 is 0. The van der Waals surface area contributed by atoms with Gasteiger partial charge in [-0.1, -0.05) is 48.5 Å². The molecule has 2 atom stereocenters. The zero-order chi connectivity index (χ0) is 18.7. The molecule has 1 unspecified atom stereocenters. The van der Waals surface area contributed by atoms with E-state index in [9.17, 15) is 31.4 Å². The fraction of sp³-hybridized carbons (Fsp3) is 0.200. The largest absolute Gasteiger partial charge is 0.528 e. The Bertz CT molecular complexity index is 737. The molecule has 0 fully saturated rings. The van der Waals surface area contributed by atoms with Gasteiger partial charge in [0.05, 0.1) is 0 Å². The van der Waals surface area contributed by atoms with Crippen LogP contribution in [0.5, 0.6) is 5.75 Å². The van der Waals surface area contributed by atoms with Crippen molar-refractivity contribution in [2.75, 3.05) is 0 Å². The van der Waals surface area contributed by atoms with E-state index in [1.165, 1.54) is 42.5 Å². The van der Waals surface area contributed by atoms with E-state index < -0.39 is 31.6 Å². The molecule has 0 aliphatic rings. The smallest absolute Gasteiger partial charge is 0.404 e. The minimum absolute atomic E-state index is 0.226. The highest BCUT2D eigenvalue weighted by atomic mass is 31.2. The Morgan fingerprint density at radius 3 is 1.84 bits per heavy atom. The Kier molecular flexibility index (Phi) is 5.51. The van der Waals surface area contributed by atoms with E-state index in [1.54, 1.807) is 6.07 Å². The summed E-state index contributed by atoms with van der Waals surface area (Å²) in [5.74, 6) is -5.65. The first-order chi connectivity index (χ1) is 11.5. The molecule has 0 amide bonds. The molecule has 2 rings (SSSR count). The van der Waals surface area contributed by atoms with Crippen LogP contribution in [0.4, 0.5) is 22.0 Å². The summed E-state index contributed by atoms with van der Waals surface area (Å²) < 4.78 is 86.6. The number of alkyl halides is 5. The van der Waals surface area contributed by atoms with Crippen molar-refractivity contribution in [3.05, 3.63) is 66.2 Å². The van der Waals surface area contributed by atoms with Gasteiger partial charge in [-0.2, -0.15) is 22.0 Å². The third kappa shape index (κ3) is 4.78. The van der Waals surface area contributed by atoms with Crippen LogP contribution in [0.25, 0.3) is 0 Å². The molecule has 0 aliphatic carbocycles. The van der Waals surface area contributed by atoms with Gasteiger partial charge in [-0.15, -0.1) is 0 Å². The van der Waals surface area contributed by atoms with E-state index in [-0.39, 0.29) is 5.75 Å². The van der Waals surface area contributed by atoms with Gasteiger partial charge in [-0.05, 0) is 17.7 Å². The number of rotatable bonds is 6. The first-order valence-electron chi connectivity index (χ1n) is 6.78. The molecule has 0 spiro atoms. The predicted molar refractivity (Wildman–Crippen MR) is 78.2 cm³/mol. The molecule has 2 aromatic carbocycles. The Morgan fingerprint density at radius 2 is 1.36 bits per heavy atom. The zero-order valence-electron chi connectivity index (χ0n) is 12.4. The SMILES string of the molecule is O=P(O)(Oc1ccccc1)O[C@@H](c1ccccc1)C(F)(F)C(F)(F)F. The summed E-state index contributed by atoms with van der Waals surface area (Å²) in [4.78, 5) is 9.64. The second-order valence-corrected chi connectivity index (χ2v) is 6.22. The minimum Gasteiger partial charge on any atom is -0.404 e. The Labute approximate surface area is 139 Å². The van der Waals surface area contributed by atoms with Crippen LogP contribution in [0, 0.1) is 0 Å². The van der Waals surface area contributed by atoms with Gasteiger partial charge in [-0.3, -0.25) is 9.42 Å². The van der Waals surface area contributed by atoms with E-state index >= 15 is 0 Å². The normalized spacial score (nSPS) is 16.1. The predicted octanol–water partition coefficient (Wildman–Crippen LogP) is 5.12. The number of phosphoric acid groups is 1. The molecule has 0 heterocycles. The third-order valence-electron chi connectivity index (χ3n) is 3.01. The summed E-state index contributed by atoms with van der Waals surface area (Å²) in [5.41, 5.74) is -0.629. The molecule has 4 nitrogen and oxygen atoms in total. The third-order valence-corrected chi connectivity index (χ3v) is 3.93.